The molecule has 0 amide bonds. The second-order valence-corrected chi connectivity index (χ2v) is 5.93. The Bertz CT molecular complexity index is 483. The minimum atomic E-state index is 0.533. The van der Waals surface area contributed by atoms with Gasteiger partial charge in [0.1, 0.15) is 0 Å². The fourth-order valence-corrected chi connectivity index (χ4v) is 3.26. The summed E-state index contributed by atoms with van der Waals surface area (Å²) in [6.07, 6.45) is 9.18. The quantitative estimate of drug-likeness (QED) is 0.923. The van der Waals surface area contributed by atoms with Gasteiger partial charge in [0.25, 0.3) is 0 Å². The van der Waals surface area contributed by atoms with Crippen LogP contribution in [0.4, 0.5) is 5.95 Å². The Labute approximate surface area is 111 Å². The molecule has 2 aromatic heterocycles. The highest BCUT2D eigenvalue weighted by Crippen LogP contribution is 2.28. The maximum atomic E-state index is 4.48. The summed E-state index contributed by atoms with van der Waals surface area (Å²) in [5, 5.41) is 8.74. The van der Waals surface area contributed by atoms with Crippen LogP contribution in [0.25, 0.3) is 5.65 Å². The molecule has 0 aromatic carbocycles. The van der Waals surface area contributed by atoms with Crippen molar-refractivity contribution in [2.24, 2.45) is 0 Å². The molecular weight excluding hydrogens is 244 g/mol. The maximum absolute atomic E-state index is 4.48. The van der Waals surface area contributed by atoms with Crippen LogP contribution in [0.3, 0.4) is 0 Å². The number of anilines is 1. The highest BCUT2D eigenvalue weighted by Gasteiger charge is 2.21. The zero-order valence-electron chi connectivity index (χ0n) is 10.5. The Morgan fingerprint density at radius 2 is 2.11 bits per heavy atom. The van der Waals surface area contributed by atoms with Gasteiger partial charge >= 0.3 is 0 Å². The Kier molecular flexibility index (Phi) is 3.41. The van der Waals surface area contributed by atoms with Crippen molar-refractivity contribution in [2.75, 3.05) is 11.6 Å². The predicted octanol–water partition coefficient (Wildman–Crippen LogP) is 2.82. The molecule has 0 bridgehead atoms. The second kappa shape index (κ2) is 5.18. The average Bonchev–Trinajstić information content (AvgIpc) is 2.82. The molecule has 0 radical (unpaired) electrons. The normalized spacial score (nSPS) is 24.3. The van der Waals surface area contributed by atoms with Crippen LogP contribution in [0.15, 0.2) is 24.4 Å². The van der Waals surface area contributed by atoms with Crippen molar-refractivity contribution >= 4 is 23.4 Å². The summed E-state index contributed by atoms with van der Waals surface area (Å²) in [5.74, 6) is 0.758. The number of thioether (sulfide) groups is 1. The Hall–Kier alpha value is -1.23. The van der Waals surface area contributed by atoms with Crippen molar-refractivity contribution in [1.82, 2.24) is 14.6 Å². The molecule has 3 rings (SSSR count). The van der Waals surface area contributed by atoms with Crippen LogP contribution in [0, 0.1) is 0 Å². The molecule has 1 fully saturated rings. The van der Waals surface area contributed by atoms with Gasteiger partial charge in [-0.15, -0.1) is 5.10 Å². The largest absolute Gasteiger partial charge is 0.350 e. The summed E-state index contributed by atoms with van der Waals surface area (Å²) in [6, 6.07) is 6.46. The molecule has 1 saturated carbocycles. The van der Waals surface area contributed by atoms with Crippen LogP contribution < -0.4 is 5.32 Å². The van der Waals surface area contributed by atoms with Gasteiger partial charge in [0.2, 0.25) is 5.95 Å². The lowest BCUT2D eigenvalue weighted by molar-refractivity contribution is 0.471. The van der Waals surface area contributed by atoms with Crippen molar-refractivity contribution in [3.8, 4) is 0 Å². The van der Waals surface area contributed by atoms with E-state index >= 15 is 0 Å². The summed E-state index contributed by atoms with van der Waals surface area (Å²) in [5.41, 5.74) is 0.901. The van der Waals surface area contributed by atoms with Crippen molar-refractivity contribution in [3.05, 3.63) is 24.4 Å². The van der Waals surface area contributed by atoms with Gasteiger partial charge in [0, 0.05) is 17.5 Å². The monoisotopic (exact) mass is 262 g/mol. The van der Waals surface area contributed by atoms with Gasteiger partial charge in [-0.25, -0.2) is 4.52 Å². The number of pyridine rings is 1. The molecule has 2 heterocycles. The molecule has 2 aromatic rings. The lowest BCUT2D eigenvalue weighted by atomic mass is 9.95. The van der Waals surface area contributed by atoms with Crippen LogP contribution in [0.1, 0.15) is 25.7 Å². The van der Waals surface area contributed by atoms with E-state index in [1.165, 1.54) is 25.7 Å². The second-order valence-electron chi connectivity index (χ2n) is 4.79. The summed E-state index contributed by atoms with van der Waals surface area (Å²) in [7, 11) is 0. The molecule has 0 atom stereocenters. The van der Waals surface area contributed by atoms with Gasteiger partial charge in [-0.1, -0.05) is 6.07 Å². The van der Waals surface area contributed by atoms with E-state index in [1.54, 1.807) is 0 Å². The molecular formula is C13H18N4S. The Morgan fingerprint density at radius 1 is 1.28 bits per heavy atom. The lowest BCUT2D eigenvalue weighted by Crippen LogP contribution is -2.27. The summed E-state index contributed by atoms with van der Waals surface area (Å²) in [4.78, 5) is 4.48. The molecule has 96 valence electrons. The van der Waals surface area contributed by atoms with Crippen molar-refractivity contribution in [2.45, 2.75) is 37.0 Å². The third-order valence-corrected chi connectivity index (χ3v) is 4.72. The van der Waals surface area contributed by atoms with Crippen LogP contribution in [0.2, 0.25) is 0 Å². The SMILES string of the molecule is CSC1CCC(Nc2nc3ccccn3n2)CC1. The van der Waals surface area contributed by atoms with E-state index < -0.39 is 0 Å². The first-order valence-electron chi connectivity index (χ1n) is 6.46. The molecule has 5 heteroatoms. The molecule has 1 aliphatic rings. The van der Waals surface area contributed by atoms with E-state index in [0.717, 1.165) is 16.8 Å². The maximum Gasteiger partial charge on any atom is 0.243 e. The molecule has 1 N–H and O–H groups in total. The third kappa shape index (κ3) is 2.46. The highest BCUT2D eigenvalue weighted by molar-refractivity contribution is 7.99. The van der Waals surface area contributed by atoms with Gasteiger partial charge in [0.05, 0.1) is 0 Å². The van der Waals surface area contributed by atoms with E-state index in [9.17, 15) is 0 Å². The Balaban J connectivity index is 1.66. The van der Waals surface area contributed by atoms with Crippen molar-refractivity contribution < 1.29 is 0 Å². The number of nitrogens with zero attached hydrogens (tertiary/aromatic N) is 3. The topological polar surface area (TPSA) is 42.2 Å². The molecule has 0 aliphatic heterocycles. The zero-order valence-corrected chi connectivity index (χ0v) is 11.4. The third-order valence-electron chi connectivity index (χ3n) is 3.58. The molecule has 0 spiro atoms. The molecule has 0 saturated heterocycles. The first kappa shape index (κ1) is 11.8. The Morgan fingerprint density at radius 3 is 2.83 bits per heavy atom. The zero-order chi connectivity index (χ0) is 12.4. The number of hydrogen-bond donors (Lipinski definition) is 1. The van der Waals surface area contributed by atoms with E-state index in [-0.39, 0.29) is 0 Å². The van der Waals surface area contributed by atoms with Gasteiger partial charge in [-0.3, -0.25) is 0 Å². The predicted molar refractivity (Wildman–Crippen MR) is 76.2 cm³/mol. The van der Waals surface area contributed by atoms with E-state index in [1.807, 2.05) is 40.7 Å². The number of nitrogens with one attached hydrogen (secondary N) is 1. The van der Waals surface area contributed by atoms with Crippen LogP contribution in [-0.2, 0) is 0 Å². The molecule has 0 unspecified atom stereocenters. The lowest BCUT2D eigenvalue weighted by Gasteiger charge is -2.27. The minimum absolute atomic E-state index is 0.533. The number of aromatic nitrogens is 3. The summed E-state index contributed by atoms with van der Waals surface area (Å²) in [6.45, 7) is 0. The first-order chi connectivity index (χ1) is 8.85. The van der Waals surface area contributed by atoms with E-state index in [4.69, 9.17) is 0 Å². The van der Waals surface area contributed by atoms with Crippen LogP contribution >= 0.6 is 11.8 Å². The molecule has 1 aliphatic carbocycles. The van der Waals surface area contributed by atoms with Crippen molar-refractivity contribution in [3.63, 3.8) is 0 Å². The van der Waals surface area contributed by atoms with Crippen molar-refractivity contribution in [1.29, 1.82) is 0 Å². The van der Waals surface area contributed by atoms with Gasteiger partial charge in [0.15, 0.2) is 5.65 Å². The van der Waals surface area contributed by atoms with E-state index in [2.05, 4.69) is 21.7 Å². The van der Waals surface area contributed by atoms with Gasteiger partial charge < -0.3 is 5.32 Å². The first-order valence-corrected chi connectivity index (χ1v) is 7.74. The number of fused-ring (bicyclic) bond motifs is 1. The minimum Gasteiger partial charge on any atom is -0.350 e. The van der Waals surface area contributed by atoms with Crippen LogP contribution in [0.5, 0.6) is 0 Å². The highest BCUT2D eigenvalue weighted by atomic mass is 32.2. The van der Waals surface area contributed by atoms with Gasteiger partial charge in [-0.05, 0) is 44.1 Å². The molecule has 18 heavy (non-hydrogen) atoms. The number of hydrogen-bond acceptors (Lipinski definition) is 4. The summed E-state index contributed by atoms with van der Waals surface area (Å²) < 4.78 is 1.82. The van der Waals surface area contributed by atoms with E-state index in [0.29, 0.717) is 6.04 Å². The fourth-order valence-electron chi connectivity index (χ4n) is 2.52. The van der Waals surface area contributed by atoms with Crippen LogP contribution in [-0.4, -0.2) is 32.1 Å². The smallest absolute Gasteiger partial charge is 0.243 e. The standard InChI is InChI=1S/C13H18N4S/c1-18-11-7-5-10(6-8-11)14-13-15-12-4-2-3-9-17(12)16-13/h2-4,9-11H,5-8H2,1H3,(H,14,16). The molecule has 4 nitrogen and oxygen atoms in total. The average molecular weight is 262 g/mol. The van der Waals surface area contributed by atoms with Gasteiger partial charge in [-0.2, -0.15) is 16.7 Å². The fraction of sp³-hybridized carbons (Fsp3) is 0.538. The summed E-state index contributed by atoms with van der Waals surface area (Å²) >= 11 is 1.99. The number of rotatable bonds is 3.